The number of halogens is 6. The van der Waals surface area contributed by atoms with E-state index in [4.69, 9.17) is 5.73 Å². The van der Waals surface area contributed by atoms with Crippen LogP contribution in [0, 0.1) is 0 Å². The van der Waals surface area contributed by atoms with Gasteiger partial charge in [-0.05, 0) is 36.0 Å². The number of alkyl halides is 6. The van der Waals surface area contributed by atoms with E-state index < -0.39 is 29.0 Å². The van der Waals surface area contributed by atoms with Crippen molar-refractivity contribution in [1.82, 2.24) is 5.43 Å². The third-order valence-electron chi connectivity index (χ3n) is 2.00. The van der Waals surface area contributed by atoms with E-state index in [0.29, 0.717) is 12.1 Å². The molecule has 3 N–H and O–H groups in total. The molecule has 0 aromatic heterocycles. The molecule has 0 atom stereocenters. The van der Waals surface area contributed by atoms with Crippen molar-refractivity contribution < 1.29 is 26.3 Å². The molecular weight excluding hydrogens is 308 g/mol. The van der Waals surface area contributed by atoms with Crippen LogP contribution in [0.25, 0.3) is 0 Å². The Balaban J connectivity index is 3.24. The van der Waals surface area contributed by atoms with Crippen molar-refractivity contribution in [2.24, 2.45) is 10.8 Å². The molecule has 0 spiro atoms. The highest BCUT2D eigenvalue weighted by Gasteiger charge is 2.36. The van der Waals surface area contributed by atoms with E-state index in [0.717, 1.165) is 6.21 Å². The molecule has 0 unspecified atom stereocenters. The zero-order valence-electron chi connectivity index (χ0n) is 9.51. The molecule has 0 fully saturated rings. The molecule has 3 nitrogen and oxygen atoms in total. The Bertz CT molecular complexity index is 503. The predicted octanol–water partition coefficient (Wildman–Crippen LogP) is 2.89. The zero-order chi connectivity index (χ0) is 15.6. The van der Waals surface area contributed by atoms with Crippen molar-refractivity contribution in [3.05, 3.63) is 34.9 Å². The molecule has 0 radical (unpaired) electrons. The summed E-state index contributed by atoms with van der Waals surface area (Å²) < 4.78 is 75.1. The summed E-state index contributed by atoms with van der Waals surface area (Å²) in [6, 6.07) is 1.08. The molecule has 0 saturated carbocycles. The summed E-state index contributed by atoms with van der Waals surface area (Å²) >= 11 is 4.37. The van der Waals surface area contributed by atoms with Crippen LogP contribution in [-0.4, -0.2) is 11.3 Å². The van der Waals surface area contributed by atoms with Gasteiger partial charge >= 0.3 is 12.4 Å². The summed E-state index contributed by atoms with van der Waals surface area (Å²) in [5.41, 5.74) is 3.78. The summed E-state index contributed by atoms with van der Waals surface area (Å²) in [6.45, 7) is 0. The number of thiocarbonyl (C=S) groups is 1. The van der Waals surface area contributed by atoms with Gasteiger partial charge in [0.2, 0.25) is 0 Å². The maximum atomic E-state index is 12.5. The van der Waals surface area contributed by atoms with Crippen LogP contribution in [0.15, 0.2) is 23.3 Å². The second kappa shape index (κ2) is 5.65. The lowest BCUT2D eigenvalue weighted by atomic mass is 10.1. The number of hydrazone groups is 1. The first-order valence-electron chi connectivity index (χ1n) is 4.88. The highest BCUT2D eigenvalue weighted by Crippen LogP contribution is 2.35. The maximum Gasteiger partial charge on any atom is 0.416 e. The molecule has 1 aromatic carbocycles. The van der Waals surface area contributed by atoms with Crippen LogP contribution in [0.5, 0.6) is 0 Å². The summed E-state index contributed by atoms with van der Waals surface area (Å²) in [5.74, 6) is 0. The van der Waals surface area contributed by atoms with Gasteiger partial charge in [-0.2, -0.15) is 31.4 Å². The Morgan fingerprint density at radius 3 is 1.85 bits per heavy atom. The largest absolute Gasteiger partial charge is 0.416 e. The van der Waals surface area contributed by atoms with Crippen LogP contribution in [0.1, 0.15) is 16.7 Å². The number of hydrogen-bond donors (Lipinski definition) is 2. The van der Waals surface area contributed by atoms with Crippen molar-refractivity contribution in [3.63, 3.8) is 0 Å². The standard InChI is InChI=1S/C10H7F6N3S/c11-9(12,13)6-1-5(4-18-19-8(17)20)2-7(3-6)10(14,15)16/h1-4H,(H3,17,19,20)/b18-4+. The van der Waals surface area contributed by atoms with E-state index in [1.807, 2.05) is 5.43 Å². The number of hydrogen-bond acceptors (Lipinski definition) is 2. The van der Waals surface area contributed by atoms with Crippen molar-refractivity contribution in [2.45, 2.75) is 12.4 Å². The van der Waals surface area contributed by atoms with Gasteiger partial charge in [0.15, 0.2) is 5.11 Å². The quantitative estimate of drug-likeness (QED) is 0.382. The molecule has 1 aromatic rings. The minimum absolute atomic E-state index is 0.0261. The normalized spacial score (nSPS) is 12.7. The molecule has 20 heavy (non-hydrogen) atoms. The molecule has 0 saturated heterocycles. The predicted molar refractivity (Wildman–Crippen MR) is 64.0 cm³/mol. The van der Waals surface area contributed by atoms with Gasteiger partial charge in [0, 0.05) is 0 Å². The van der Waals surface area contributed by atoms with Crippen LogP contribution in [0.2, 0.25) is 0 Å². The summed E-state index contributed by atoms with van der Waals surface area (Å²) in [5, 5.41) is 3.04. The number of rotatable bonds is 2. The third-order valence-corrected chi connectivity index (χ3v) is 2.09. The van der Waals surface area contributed by atoms with Gasteiger partial charge in [0.25, 0.3) is 0 Å². The Kier molecular flexibility index (Phi) is 4.58. The van der Waals surface area contributed by atoms with Crippen LogP contribution >= 0.6 is 12.2 Å². The fraction of sp³-hybridized carbons (Fsp3) is 0.200. The lowest BCUT2D eigenvalue weighted by Crippen LogP contribution is -2.24. The molecular formula is C10H7F6N3S. The summed E-state index contributed by atoms with van der Waals surface area (Å²) in [7, 11) is 0. The van der Waals surface area contributed by atoms with E-state index in [-0.39, 0.29) is 11.2 Å². The van der Waals surface area contributed by atoms with Gasteiger partial charge < -0.3 is 5.73 Å². The van der Waals surface area contributed by atoms with Gasteiger partial charge in [-0.15, -0.1) is 0 Å². The van der Waals surface area contributed by atoms with E-state index >= 15 is 0 Å². The number of nitrogens with zero attached hydrogens (tertiary/aromatic N) is 1. The maximum absolute atomic E-state index is 12.5. The lowest BCUT2D eigenvalue weighted by molar-refractivity contribution is -0.143. The highest BCUT2D eigenvalue weighted by atomic mass is 32.1. The Labute approximate surface area is 114 Å². The SMILES string of the molecule is NC(=S)N/N=C/c1cc(C(F)(F)F)cc(C(F)(F)F)c1. The molecule has 110 valence electrons. The first-order chi connectivity index (χ1) is 9.00. The molecule has 0 heterocycles. The van der Waals surface area contributed by atoms with E-state index in [9.17, 15) is 26.3 Å². The molecule has 0 bridgehead atoms. The summed E-state index contributed by atoms with van der Waals surface area (Å²) in [6.07, 6.45) is -9.05. The molecule has 0 amide bonds. The van der Waals surface area contributed by atoms with Crippen LogP contribution < -0.4 is 11.2 Å². The second-order valence-corrected chi connectivity index (χ2v) is 4.01. The van der Waals surface area contributed by atoms with E-state index in [1.54, 1.807) is 0 Å². The molecule has 0 aliphatic rings. The third kappa shape index (κ3) is 4.68. The minimum atomic E-state index is -4.90. The topological polar surface area (TPSA) is 50.4 Å². The van der Waals surface area contributed by atoms with Crippen molar-refractivity contribution >= 4 is 23.5 Å². The van der Waals surface area contributed by atoms with E-state index in [2.05, 4.69) is 17.3 Å². The van der Waals surface area contributed by atoms with Gasteiger partial charge in [0.1, 0.15) is 0 Å². The first kappa shape index (κ1) is 16.2. The molecule has 1 rings (SSSR count). The van der Waals surface area contributed by atoms with Crippen LogP contribution in [0.3, 0.4) is 0 Å². The summed E-state index contributed by atoms with van der Waals surface area (Å²) in [4.78, 5) is 0. The zero-order valence-corrected chi connectivity index (χ0v) is 10.3. The Hall–Kier alpha value is -1.84. The van der Waals surface area contributed by atoms with E-state index in [1.165, 1.54) is 0 Å². The van der Waals surface area contributed by atoms with Crippen molar-refractivity contribution in [1.29, 1.82) is 0 Å². The van der Waals surface area contributed by atoms with Gasteiger partial charge in [-0.3, -0.25) is 5.43 Å². The molecule has 10 heteroatoms. The van der Waals surface area contributed by atoms with Crippen molar-refractivity contribution in [2.75, 3.05) is 0 Å². The number of nitrogens with two attached hydrogens (primary N) is 1. The van der Waals surface area contributed by atoms with Crippen LogP contribution in [-0.2, 0) is 12.4 Å². The highest BCUT2D eigenvalue weighted by molar-refractivity contribution is 7.80. The average Bonchev–Trinajstić information content (AvgIpc) is 2.25. The van der Waals surface area contributed by atoms with Gasteiger partial charge in [-0.1, -0.05) is 0 Å². The number of nitrogens with one attached hydrogen (secondary N) is 1. The fourth-order valence-corrected chi connectivity index (χ4v) is 1.28. The second-order valence-electron chi connectivity index (χ2n) is 3.57. The minimum Gasteiger partial charge on any atom is -0.375 e. The smallest absolute Gasteiger partial charge is 0.375 e. The fourth-order valence-electron chi connectivity index (χ4n) is 1.22. The van der Waals surface area contributed by atoms with Gasteiger partial charge in [-0.25, -0.2) is 0 Å². The van der Waals surface area contributed by atoms with Crippen molar-refractivity contribution in [3.8, 4) is 0 Å². The van der Waals surface area contributed by atoms with Gasteiger partial charge in [0.05, 0.1) is 17.3 Å². The Morgan fingerprint density at radius 1 is 1.05 bits per heavy atom. The Morgan fingerprint density at radius 2 is 1.50 bits per heavy atom. The lowest BCUT2D eigenvalue weighted by Gasteiger charge is -2.12. The average molecular weight is 315 g/mol. The first-order valence-corrected chi connectivity index (χ1v) is 5.29. The monoisotopic (exact) mass is 315 g/mol. The van der Waals surface area contributed by atoms with Crippen LogP contribution in [0.4, 0.5) is 26.3 Å². The molecule has 0 aliphatic heterocycles. The molecule has 0 aliphatic carbocycles. The number of benzene rings is 1.